The third-order valence-corrected chi connectivity index (χ3v) is 3.17. The van der Waals surface area contributed by atoms with Gasteiger partial charge in [0.1, 0.15) is 0 Å². The van der Waals surface area contributed by atoms with Crippen molar-refractivity contribution in [1.29, 1.82) is 0 Å². The van der Waals surface area contributed by atoms with Gasteiger partial charge in [-0.1, -0.05) is 19.0 Å². The van der Waals surface area contributed by atoms with Gasteiger partial charge in [-0.25, -0.2) is 0 Å². The maximum atomic E-state index is 5.68. The van der Waals surface area contributed by atoms with Crippen molar-refractivity contribution in [2.45, 2.75) is 45.1 Å². The maximum Gasteiger partial charge on any atom is 0.233 e. The van der Waals surface area contributed by atoms with E-state index in [0.29, 0.717) is 11.7 Å². The smallest absolute Gasteiger partial charge is 0.233 e. The highest BCUT2D eigenvalue weighted by atomic mass is 35.5. The summed E-state index contributed by atoms with van der Waals surface area (Å²) in [6.07, 6.45) is 2.32. The topological polar surface area (TPSA) is 64.9 Å². The second-order valence-electron chi connectivity index (χ2n) is 4.56. The van der Waals surface area contributed by atoms with Crippen LogP contribution in [-0.2, 0) is 5.41 Å². The zero-order valence-electron chi connectivity index (χ0n) is 9.36. The molecule has 4 nitrogen and oxygen atoms in total. The molecule has 5 heteroatoms. The first-order chi connectivity index (χ1) is 6.56. The van der Waals surface area contributed by atoms with Crippen molar-refractivity contribution in [1.82, 2.24) is 10.1 Å². The van der Waals surface area contributed by atoms with E-state index in [4.69, 9.17) is 10.3 Å². The third-order valence-electron chi connectivity index (χ3n) is 3.17. The summed E-state index contributed by atoms with van der Waals surface area (Å²) in [6, 6.07) is -0.143. The monoisotopic (exact) mass is 231 g/mol. The van der Waals surface area contributed by atoms with E-state index in [9.17, 15) is 0 Å². The second kappa shape index (κ2) is 4.10. The molecule has 0 amide bonds. The van der Waals surface area contributed by atoms with Crippen LogP contribution in [0.3, 0.4) is 0 Å². The largest absolute Gasteiger partial charge is 0.339 e. The molecular formula is C10H18ClN3O. The maximum absolute atomic E-state index is 5.68. The van der Waals surface area contributed by atoms with Crippen LogP contribution in [0.1, 0.15) is 51.4 Å². The van der Waals surface area contributed by atoms with Gasteiger partial charge in [-0.05, 0) is 25.7 Å². The minimum absolute atomic E-state index is 0. The van der Waals surface area contributed by atoms with Gasteiger partial charge in [0.15, 0.2) is 5.82 Å². The van der Waals surface area contributed by atoms with E-state index >= 15 is 0 Å². The number of aromatic nitrogens is 2. The normalized spacial score (nSPS) is 19.8. The van der Waals surface area contributed by atoms with E-state index in [1.165, 1.54) is 0 Å². The summed E-state index contributed by atoms with van der Waals surface area (Å²) in [7, 11) is 0. The molecule has 0 aromatic carbocycles. The fourth-order valence-electron chi connectivity index (χ4n) is 1.79. The average Bonchev–Trinajstić information content (AvgIpc) is 2.77. The van der Waals surface area contributed by atoms with Crippen LogP contribution >= 0.6 is 12.4 Å². The standard InChI is InChI=1S/C10H17N3O.ClH/c1-6(2)10(4-5-10)9-12-8(7(3)11)13-14-9;/h6-7H,4-5,11H2,1-3H3;1H. The average molecular weight is 232 g/mol. The third kappa shape index (κ3) is 2.01. The predicted octanol–water partition coefficient (Wildman–Crippen LogP) is 2.20. The molecule has 1 aromatic rings. The summed E-state index contributed by atoms with van der Waals surface area (Å²) in [4.78, 5) is 4.36. The zero-order valence-corrected chi connectivity index (χ0v) is 10.2. The van der Waals surface area contributed by atoms with Gasteiger partial charge >= 0.3 is 0 Å². The molecule has 0 radical (unpaired) electrons. The lowest BCUT2D eigenvalue weighted by Gasteiger charge is -2.13. The summed E-state index contributed by atoms with van der Waals surface area (Å²) in [5, 5.41) is 3.89. The van der Waals surface area contributed by atoms with Crippen LogP contribution in [0.5, 0.6) is 0 Å². The molecule has 1 fully saturated rings. The molecule has 0 aliphatic heterocycles. The Morgan fingerprint density at radius 1 is 1.33 bits per heavy atom. The zero-order chi connectivity index (χ0) is 10.3. The number of hydrogen-bond acceptors (Lipinski definition) is 4. The van der Waals surface area contributed by atoms with Crippen molar-refractivity contribution in [3.05, 3.63) is 11.7 Å². The minimum Gasteiger partial charge on any atom is -0.339 e. The SMILES string of the molecule is CC(N)c1noc(C2(C(C)C)CC2)n1.Cl. The molecule has 1 unspecified atom stereocenters. The Morgan fingerprint density at radius 3 is 2.27 bits per heavy atom. The molecule has 0 bridgehead atoms. The van der Waals surface area contributed by atoms with Gasteiger partial charge in [0.05, 0.1) is 11.5 Å². The van der Waals surface area contributed by atoms with Gasteiger partial charge in [0, 0.05) is 0 Å². The molecule has 1 saturated carbocycles. The summed E-state index contributed by atoms with van der Waals surface area (Å²) in [5.41, 5.74) is 5.83. The lowest BCUT2D eigenvalue weighted by molar-refractivity contribution is 0.305. The van der Waals surface area contributed by atoms with E-state index in [-0.39, 0.29) is 23.9 Å². The van der Waals surface area contributed by atoms with Crippen LogP contribution in [0.4, 0.5) is 0 Å². The van der Waals surface area contributed by atoms with Gasteiger partial charge in [0.25, 0.3) is 0 Å². The van der Waals surface area contributed by atoms with E-state index in [1.54, 1.807) is 0 Å². The Balaban J connectivity index is 0.00000112. The summed E-state index contributed by atoms with van der Waals surface area (Å²) < 4.78 is 5.27. The van der Waals surface area contributed by atoms with Gasteiger partial charge in [-0.3, -0.25) is 0 Å². The van der Waals surface area contributed by atoms with E-state index < -0.39 is 0 Å². The second-order valence-corrected chi connectivity index (χ2v) is 4.56. The molecule has 2 rings (SSSR count). The Kier molecular flexibility index (Phi) is 3.41. The summed E-state index contributed by atoms with van der Waals surface area (Å²) >= 11 is 0. The molecule has 86 valence electrons. The fourth-order valence-corrected chi connectivity index (χ4v) is 1.79. The molecular weight excluding hydrogens is 214 g/mol. The fraction of sp³-hybridized carbons (Fsp3) is 0.800. The highest BCUT2D eigenvalue weighted by molar-refractivity contribution is 5.85. The molecule has 1 heterocycles. The summed E-state index contributed by atoms with van der Waals surface area (Å²) in [5.74, 6) is 1.95. The van der Waals surface area contributed by atoms with E-state index in [1.807, 2.05) is 6.92 Å². The quantitative estimate of drug-likeness (QED) is 0.866. The molecule has 15 heavy (non-hydrogen) atoms. The van der Waals surface area contributed by atoms with Crippen molar-refractivity contribution in [3.63, 3.8) is 0 Å². The lowest BCUT2D eigenvalue weighted by atomic mass is 9.92. The van der Waals surface area contributed by atoms with Crippen molar-refractivity contribution in [2.75, 3.05) is 0 Å². The Morgan fingerprint density at radius 2 is 1.93 bits per heavy atom. The van der Waals surface area contributed by atoms with E-state index in [2.05, 4.69) is 24.0 Å². The van der Waals surface area contributed by atoms with Crippen molar-refractivity contribution >= 4 is 12.4 Å². The number of nitrogens with zero attached hydrogens (tertiary/aromatic N) is 2. The molecule has 1 aliphatic carbocycles. The predicted molar refractivity (Wildman–Crippen MR) is 59.9 cm³/mol. The lowest BCUT2D eigenvalue weighted by Crippen LogP contribution is -2.15. The molecule has 0 spiro atoms. The molecule has 2 N–H and O–H groups in total. The first-order valence-electron chi connectivity index (χ1n) is 5.16. The Bertz CT molecular complexity index is 331. The minimum atomic E-state index is -0.143. The molecule has 1 atom stereocenters. The first-order valence-corrected chi connectivity index (χ1v) is 5.16. The van der Waals surface area contributed by atoms with Crippen LogP contribution < -0.4 is 5.73 Å². The highest BCUT2D eigenvalue weighted by Gasteiger charge is 2.51. The van der Waals surface area contributed by atoms with E-state index in [0.717, 1.165) is 18.7 Å². The molecule has 0 saturated heterocycles. The molecule has 1 aromatic heterocycles. The first kappa shape index (κ1) is 12.5. The highest BCUT2D eigenvalue weighted by Crippen LogP contribution is 2.53. The molecule has 1 aliphatic rings. The van der Waals surface area contributed by atoms with Crippen LogP contribution in [0.2, 0.25) is 0 Å². The van der Waals surface area contributed by atoms with Gasteiger partial charge in [0.2, 0.25) is 5.89 Å². The van der Waals surface area contributed by atoms with Crippen molar-refractivity contribution in [2.24, 2.45) is 11.7 Å². The van der Waals surface area contributed by atoms with Gasteiger partial charge in [-0.2, -0.15) is 4.98 Å². The number of halogens is 1. The van der Waals surface area contributed by atoms with Crippen molar-refractivity contribution < 1.29 is 4.52 Å². The summed E-state index contributed by atoms with van der Waals surface area (Å²) in [6.45, 7) is 6.26. The van der Waals surface area contributed by atoms with Crippen LogP contribution in [0, 0.1) is 5.92 Å². The number of nitrogens with two attached hydrogens (primary N) is 1. The Labute approximate surface area is 96.0 Å². The van der Waals surface area contributed by atoms with Crippen LogP contribution in [-0.4, -0.2) is 10.1 Å². The van der Waals surface area contributed by atoms with Gasteiger partial charge < -0.3 is 10.3 Å². The number of rotatable bonds is 3. The Hall–Kier alpha value is -0.610. The van der Waals surface area contributed by atoms with Crippen molar-refractivity contribution in [3.8, 4) is 0 Å². The van der Waals surface area contributed by atoms with Crippen LogP contribution in [0.15, 0.2) is 4.52 Å². The number of hydrogen-bond donors (Lipinski definition) is 1. The van der Waals surface area contributed by atoms with Crippen LogP contribution in [0.25, 0.3) is 0 Å². The van der Waals surface area contributed by atoms with Gasteiger partial charge in [-0.15, -0.1) is 12.4 Å².